The van der Waals surface area contributed by atoms with Gasteiger partial charge in [-0.2, -0.15) is 0 Å². The molecule has 2 aromatic carbocycles. The summed E-state index contributed by atoms with van der Waals surface area (Å²) in [5.74, 6) is -0.278. The van der Waals surface area contributed by atoms with Crippen LogP contribution in [0.2, 0.25) is 0 Å². The van der Waals surface area contributed by atoms with E-state index in [0.29, 0.717) is 41.0 Å². The number of hydrogen-bond acceptors (Lipinski definition) is 8. The number of aromatic nitrogens is 4. The van der Waals surface area contributed by atoms with Crippen LogP contribution in [0.5, 0.6) is 0 Å². The monoisotopic (exact) mass is 554 g/mol. The maximum Gasteiger partial charge on any atom is 0.416 e. The summed E-state index contributed by atoms with van der Waals surface area (Å²) in [7, 11) is 0. The molecule has 11 nitrogen and oxygen atoms in total. The van der Waals surface area contributed by atoms with Crippen molar-refractivity contribution in [3.63, 3.8) is 0 Å². The van der Waals surface area contributed by atoms with E-state index in [1.54, 1.807) is 35.2 Å². The first-order chi connectivity index (χ1) is 19.7. The van der Waals surface area contributed by atoms with Crippen molar-refractivity contribution in [2.45, 2.75) is 58.1 Å². The van der Waals surface area contributed by atoms with E-state index in [-0.39, 0.29) is 31.0 Å². The Balaban J connectivity index is 1.24. The number of benzene rings is 2. The molecule has 11 heteroatoms. The standard InChI is InChI=1S/C30H30N6O5/c1-30(2,3)41-29(39)34(15-19-9-5-4-6-10-19)25-24-26(32-17-31-25)36(18-33-24)23-14-13-20(40-23)16-35-27(37)21-11-7-8-12-22(21)28(35)38/h4-12,17-18,20,23H,13-16H2,1-3H3. The van der Waals surface area contributed by atoms with Gasteiger partial charge in [0.25, 0.3) is 11.8 Å². The number of carbonyl (C=O) groups excluding carboxylic acids is 3. The van der Waals surface area contributed by atoms with Gasteiger partial charge in [0, 0.05) is 0 Å². The molecule has 0 aliphatic carbocycles. The second-order valence-electron chi connectivity index (χ2n) is 11.1. The number of hydrogen-bond donors (Lipinski definition) is 0. The lowest BCUT2D eigenvalue weighted by molar-refractivity contribution is -0.00763. The summed E-state index contributed by atoms with van der Waals surface area (Å²) in [6, 6.07) is 16.4. The van der Waals surface area contributed by atoms with Crippen molar-refractivity contribution in [3.8, 4) is 0 Å². The maximum absolute atomic E-state index is 13.3. The van der Waals surface area contributed by atoms with Crippen LogP contribution < -0.4 is 4.90 Å². The third kappa shape index (κ3) is 5.16. The molecule has 2 aliphatic heterocycles. The molecule has 2 unspecified atom stereocenters. The number of carbonyl (C=O) groups is 3. The molecule has 41 heavy (non-hydrogen) atoms. The zero-order valence-electron chi connectivity index (χ0n) is 23.1. The lowest BCUT2D eigenvalue weighted by Gasteiger charge is -2.27. The molecule has 4 heterocycles. The second-order valence-corrected chi connectivity index (χ2v) is 11.1. The number of imide groups is 1. The van der Waals surface area contributed by atoms with E-state index in [1.165, 1.54) is 16.1 Å². The van der Waals surface area contributed by atoms with Crippen molar-refractivity contribution in [1.29, 1.82) is 0 Å². The molecule has 4 aromatic rings. The molecule has 0 radical (unpaired) electrons. The van der Waals surface area contributed by atoms with Crippen LogP contribution in [0, 0.1) is 0 Å². The average molecular weight is 555 g/mol. The van der Waals surface area contributed by atoms with Crippen LogP contribution in [0.25, 0.3) is 11.2 Å². The van der Waals surface area contributed by atoms with Gasteiger partial charge in [0.2, 0.25) is 0 Å². The van der Waals surface area contributed by atoms with E-state index >= 15 is 0 Å². The fourth-order valence-electron chi connectivity index (χ4n) is 5.19. The lowest BCUT2D eigenvalue weighted by Crippen LogP contribution is -2.37. The molecule has 3 amide bonds. The molecule has 0 bridgehead atoms. The molecule has 0 spiro atoms. The predicted molar refractivity (Wildman–Crippen MR) is 149 cm³/mol. The summed E-state index contributed by atoms with van der Waals surface area (Å²) in [4.78, 5) is 55.2. The van der Waals surface area contributed by atoms with Crippen molar-refractivity contribution >= 4 is 34.9 Å². The molecule has 1 saturated heterocycles. The van der Waals surface area contributed by atoms with Crippen molar-refractivity contribution < 1.29 is 23.9 Å². The highest BCUT2D eigenvalue weighted by molar-refractivity contribution is 6.21. The Kier molecular flexibility index (Phi) is 6.74. The topological polar surface area (TPSA) is 120 Å². The van der Waals surface area contributed by atoms with Gasteiger partial charge in [0.1, 0.15) is 18.2 Å². The number of amides is 3. The Morgan fingerprint density at radius 3 is 2.34 bits per heavy atom. The highest BCUT2D eigenvalue weighted by Crippen LogP contribution is 2.34. The molecule has 0 saturated carbocycles. The van der Waals surface area contributed by atoms with Gasteiger partial charge in [-0.05, 0) is 51.3 Å². The smallest absolute Gasteiger partial charge is 0.416 e. The van der Waals surface area contributed by atoms with Gasteiger partial charge in [-0.1, -0.05) is 42.5 Å². The Morgan fingerprint density at radius 2 is 1.66 bits per heavy atom. The van der Waals surface area contributed by atoms with Crippen molar-refractivity contribution in [2.75, 3.05) is 11.4 Å². The first kappa shape index (κ1) is 26.6. The Hall–Kier alpha value is -4.64. The molecule has 210 valence electrons. The summed E-state index contributed by atoms with van der Waals surface area (Å²) in [6.45, 7) is 5.83. The van der Waals surface area contributed by atoms with Gasteiger partial charge in [0.05, 0.1) is 36.6 Å². The summed E-state index contributed by atoms with van der Waals surface area (Å²) < 4.78 is 13.8. The van der Waals surface area contributed by atoms with E-state index < -0.39 is 17.9 Å². The highest BCUT2D eigenvalue weighted by Gasteiger charge is 2.39. The Labute approximate surface area is 236 Å². The van der Waals surface area contributed by atoms with Crippen molar-refractivity contribution in [1.82, 2.24) is 24.4 Å². The Bertz CT molecular complexity index is 1590. The zero-order chi connectivity index (χ0) is 28.7. The van der Waals surface area contributed by atoms with Crippen LogP contribution >= 0.6 is 0 Å². The highest BCUT2D eigenvalue weighted by atomic mass is 16.6. The summed E-state index contributed by atoms with van der Waals surface area (Å²) in [5.41, 5.74) is 1.97. The SMILES string of the molecule is CC(C)(C)OC(=O)N(Cc1ccccc1)c1ncnc2c1ncn2C1CCC(CN2C(=O)c3ccccc3C2=O)O1. The minimum Gasteiger partial charge on any atom is -0.443 e. The van der Waals surface area contributed by atoms with E-state index in [4.69, 9.17) is 9.47 Å². The molecule has 1 fully saturated rings. The van der Waals surface area contributed by atoms with Crippen molar-refractivity contribution in [3.05, 3.63) is 83.9 Å². The first-order valence-corrected chi connectivity index (χ1v) is 13.5. The van der Waals surface area contributed by atoms with E-state index in [9.17, 15) is 14.4 Å². The average Bonchev–Trinajstić information content (AvgIpc) is 3.65. The fraction of sp³-hybridized carbons (Fsp3) is 0.333. The predicted octanol–water partition coefficient (Wildman–Crippen LogP) is 4.74. The zero-order valence-corrected chi connectivity index (χ0v) is 23.1. The third-order valence-corrected chi connectivity index (χ3v) is 7.05. The molecular weight excluding hydrogens is 524 g/mol. The third-order valence-electron chi connectivity index (χ3n) is 7.05. The van der Waals surface area contributed by atoms with Gasteiger partial charge in [-0.15, -0.1) is 0 Å². The molecule has 6 rings (SSSR count). The van der Waals surface area contributed by atoms with E-state index in [1.807, 2.05) is 51.1 Å². The first-order valence-electron chi connectivity index (χ1n) is 13.5. The molecule has 2 aromatic heterocycles. The Morgan fingerprint density at radius 1 is 0.976 bits per heavy atom. The number of rotatable bonds is 6. The summed E-state index contributed by atoms with van der Waals surface area (Å²) >= 11 is 0. The molecule has 2 aliphatic rings. The fourth-order valence-corrected chi connectivity index (χ4v) is 5.19. The number of imidazole rings is 1. The number of ether oxygens (including phenoxy) is 2. The van der Waals surface area contributed by atoms with Crippen molar-refractivity contribution in [2.24, 2.45) is 0 Å². The van der Waals surface area contributed by atoms with Crippen LogP contribution in [0.4, 0.5) is 10.6 Å². The van der Waals surface area contributed by atoms with Crippen LogP contribution in [0.1, 0.15) is 66.1 Å². The van der Waals surface area contributed by atoms with Crippen LogP contribution in [0.3, 0.4) is 0 Å². The van der Waals surface area contributed by atoms with Crippen LogP contribution in [0.15, 0.2) is 67.3 Å². The normalized spacial score (nSPS) is 18.7. The number of fused-ring (bicyclic) bond motifs is 2. The van der Waals surface area contributed by atoms with Crippen LogP contribution in [-0.2, 0) is 16.0 Å². The van der Waals surface area contributed by atoms with E-state index in [0.717, 1.165) is 5.56 Å². The maximum atomic E-state index is 13.3. The van der Waals surface area contributed by atoms with E-state index in [2.05, 4.69) is 15.0 Å². The van der Waals surface area contributed by atoms with Gasteiger partial charge < -0.3 is 9.47 Å². The summed E-state index contributed by atoms with van der Waals surface area (Å²) in [5, 5.41) is 0. The molecule has 2 atom stereocenters. The van der Waals surface area contributed by atoms with Gasteiger partial charge >= 0.3 is 6.09 Å². The van der Waals surface area contributed by atoms with Gasteiger partial charge in [0.15, 0.2) is 17.0 Å². The number of anilines is 1. The minimum absolute atomic E-state index is 0.166. The quantitative estimate of drug-likeness (QED) is 0.314. The van der Waals surface area contributed by atoms with Crippen LogP contribution in [-0.4, -0.2) is 60.6 Å². The second kappa shape index (κ2) is 10.4. The summed E-state index contributed by atoms with van der Waals surface area (Å²) in [6.07, 6.45) is 3.00. The molecule has 0 N–H and O–H groups in total. The lowest BCUT2D eigenvalue weighted by atomic mass is 10.1. The minimum atomic E-state index is -0.705. The van der Waals surface area contributed by atoms with Gasteiger partial charge in [-0.25, -0.2) is 19.7 Å². The van der Waals surface area contributed by atoms with Gasteiger partial charge in [-0.3, -0.25) is 24.0 Å². The largest absolute Gasteiger partial charge is 0.443 e. The number of nitrogens with zero attached hydrogens (tertiary/aromatic N) is 6. The molecular formula is C30H30N6O5.